The Morgan fingerprint density at radius 3 is 2.15 bits per heavy atom. The van der Waals surface area contributed by atoms with Crippen molar-refractivity contribution in [2.75, 3.05) is 6.54 Å². The van der Waals surface area contributed by atoms with Gasteiger partial charge in [0.2, 0.25) is 11.8 Å². The third-order valence-electron chi connectivity index (χ3n) is 10.7. The first kappa shape index (κ1) is 47.6. The number of aromatic nitrogens is 1. The van der Waals surface area contributed by atoms with Gasteiger partial charge in [-0.1, -0.05) is 102 Å². The van der Waals surface area contributed by atoms with Crippen molar-refractivity contribution in [1.82, 2.24) is 25.8 Å². The lowest BCUT2D eigenvalue weighted by Gasteiger charge is -2.37. The van der Waals surface area contributed by atoms with Gasteiger partial charge in [0.05, 0.1) is 5.92 Å². The summed E-state index contributed by atoms with van der Waals surface area (Å²) in [7, 11) is 0. The molecule has 14 heteroatoms. The molecule has 0 unspecified atom stereocenters. The molecule has 326 valence electrons. The highest BCUT2D eigenvalue weighted by Gasteiger charge is 2.38. The van der Waals surface area contributed by atoms with E-state index in [1.54, 1.807) is 27.7 Å². The molecule has 1 aliphatic heterocycles. The van der Waals surface area contributed by atoms with Crippen LogP contribution in [0.2, 0.25) is 0 Å². The largest absolute Gasteiger partial charge is 0.461 e. The second-order valence-corrected chi connectivity index (χ2v) is 18.0. The number of esters is 1. The number of nitrogens with one attached hydrogen (secondary N) is 3. The van der Waals surface area contributed by atoms with Crippen LogP contribution in [0.3, 0.4) is 0 Å². The zero-order valence-electron chi connectivity index (χ0n) is 36.3. The number of benzene rings is 2. The molecule has 3 N–H and O–H groups in total. The van der Waals surface area contributed by atoms with Gasteiger partial charge in [0.1, 0.15) is 30.0 Å². The van der Waals surface area contributed by atoms with E-state index in [9.17, 15) is 28.8 Å². The SMILES string of the molecule is CC[C@H](C)[C@H](NC(=O)[C@H]1CCCCN1C(=O)OC(C)(C)C)C(=O)N[C@H](CC(=O)c1nc(C(=O)N[C@@H](Cc2ccccc2)C[C@H](C)C(=O)OCc2ccccc2)cs1)C(C)C. The molecule has 0 spiro atoms. The number of piperidine rings is 1. The molecule has 3 aromatic rings. The van der Waals surface area contributed by atoms with Crippen LogP contribution in [0, 0.1) is 17.8 Å². The van der Waals surface area contributed by atoms with E-state index in [0.717, 1.165) is 35.3 Å². The molecule has 4 amide bonds. The minimum atomic E-state index is -0.909. The summed E-state index contributed by atoms with van der Waals surface area (Å²) in [5, 5.41) is 10.6. The maximum Gasteiger partial charge on any atom is 0.410 e. The first-order valence-corrected chi connectivity index (χ1v) is 22.0. The van der Waals surface area contributed by atoms with Crippen LogP contribution >= 0.6 is 11.3 Å². The summed E-state index contributed by atoms with van der Waals surface area (Å²) in [5.41, 5.74) is 1.21. The van der Waals surface area contributed by atoms with Crippen LogP contribution in [0.15, 0.2) is 66.0 Å². The average molecular weight is 846 g/mol. The molecule has 0 aliphatic carbocycles. The second kappa shape index (κ2) is 22.5. The lowest BCUT2D eigenvalue weighted by Crippen LogP contribution is -2.59. The van der Waals surface area contributed by atoms with Crippen molar-refractivity contribution in [3.8, 4) is 0 Å². The van der Waals surface area contributed by atoms with Crippen molar-refractivity contribution >= 4 is 46.9 Å². The van der Waals surface area contributed by atoms with Gasteiger partial charge in [-0.25, -0.2) is 9.78 Å². The molecule has 0 radical (unpaired) electrons. The summed E-state index contributed by atoms with van der Waals surface area (Å²) >= 11 is 1.05. The number of ketones is 1. The van der Waals surface area contributed by atoms with Gasteiger partial charge in [0.25, 0.3) is 5.91 Å². The van der Waals surface area contributed by atoms with E-state index in [1.165, 1.54) is 10.3 Å². The van der Waals surface area contributed by atoms with E-state index >= 15 is 0 Å². The third kappa shape index (κ3) is 14.6. The van der Waals surface area contributed by atoms with Crippen LogP contribution in [0.5, 0.6) is 0 Å². The number of carbonyl (C=O) groups is 6. The summed E-state index contributed by atoms with van der Waals surface area (Å²) < 4.78 is 11.1. The Kier molecular flexibility index (Phi) is 17.8. The van der Waals surface area contributed by atoms with Crippen LogP contribution in [0.25, 0.3) is 0 Å². The van der Waals surface area contributed by atoms with Crippen LogP contribution in [-0.2, 0) is 36.9 Å². The Balaban J connectivity index is 1.40. The van der Waals surface area contributed by atoms with Gasteiger partial charge in [0.15, 0.2) is 10.8 Å². The van der Waals surface area contributed by atoms with E-state index in [1.807, 2.05) is 88.4 Å². The summed E-state index contributed by atoms with van der Waals surface area (Å²) in [6.07, 6.45) is 2.70. The third-order valence-corrected chi connectivity index (χ3v) is 11.5. The van der Waals surface area contributed by atoms with E-state index in [0.29, 0.717) is 32.2 Å². The fourth-order valence-electron chi connectivity index (χ4n) is 6.96. The Bertz CT molecular complexity index is 1900. The number of thiazole rings is 1. The van der Waals surface area contributed by atoms with E-state index in [4.69, 9.17) is 9.47 Å². The highest BCUT2D eigenvalue weighted by Crippen LogP contribution is 2.23. The number of hydrogen-bond acceptors (Lipinski definition) is 10. The highest BCUT2D eigenvalue weighted by atomic mass is 32.1. The standard InChI is InChI=1S/C46H63N5O8S/c1-9-30(4)39(50-41(54)37-22-16-17-23-51(37)45(57)59-46(6,7)8)42(55)48-35(29(2)3)26-38(52)43-49-36(28-60-43)40(53)47-34(25-32-18-12-10-13-19-32)24-31(5)44(56)58-27-33-20-14-11-15-21-33/h10-15,18-21,28-31,34-35,37,39H,9,16-17,22-27H2,1-8H3,(H,47,53)(H,48,55)(H,50,54)/t30-,31-,34+,35+,37+,39-/m0/s1. The summed E-state index contributed by atoms with van der Waals surface area (Å²) in [4.78, 5) is 86.7. The lowest BCUT2D eigenvalue weighted by molar-refractivity contribution is -0.149. The van der Waals surface area contributed by atoms with Crippen molar-refractivity contribution in [2.45, 2.75) is 137 Å². The number of amides is 4. The number of ether oxygens (including phenoxy) is 2. The minimum Gasteiger partial charge on any atom is -0.461 e. The fraction of sp³-hybridized carbons (Fsp3) is 0.543. The fourth-order valence-corrected chi connectivity index (χ4v) is 7.71. The summed E-state index contributed by atoms with van der Waals surface area (Å²) in [6, 6.07) is 16.4. The molecular weight excluding hydrogens is 783 g/mol. The van der Waals surface area contributed by atoms with Gasteiger partial charge < -0.3 is 25.4 Å². The molecule has 13 nitrogen and oxygen atoms in total. The predicted molar refractivity (Wildman–Crippen MR) is 231 cm³/mol. The molecule has 60 heavy (non-hydrogen) atoms. The Morgan fingerprint density at radius 1 is 0.883 bits per heavy atom. The van der Waals surface area contributed by atoms with E-state index in [-0.39, 0.29) is 47.3 Å². The summed E-state index contributed by atoms with van der Waals surface area (Å²) in [5.74, 6) is -2.94. The first-order chi connectivity index (χ1) is 28.4. The number of rotatable bonds is 19. The van der Waals surface area contributed by atoms with Gasteiger partial charge in [-0.2, -0.15) is 0 Å². The van der Waals surface area contributed by atoms with Crippen LogP contribution in [0.1, 0.15) is 125 Å². The predicted octanol–water partition coefficient (Wildman–Crippen LogP) is 7.29. The number of carbonyl (C=O) groups excluding carboxylic acids is 6. The molecule has 1 aromatic heterocycles. The second-order valence-electron chi connectivity index (χ2n) is 17.2. The molecule has 0 saturated carbocycles. The molecule has 6 atom stereocenters. The summed E-state index contributed by atoms with van der Waals surface area (Å²) in [6.45, 7) is 15.2. The molecular formula is C46H63N5O8S. The van der Waals surface area contributed by atoms with Crippen molar-refractivity contribution in [3.05, 3.63) is 87.9 Å². The maximum absolute atomic E-state index is 13.9. The molecule has 1 aliphatic rings. The highest BCUT2D eigenvalue weighted by molar-refractivity contribution is 7.12. The zero-order chi connectivity index (χ0) is 44.0. The molecule has 2 heterocycles. The number of likely N-dealkylation sites (tertiary alicyclic amines) is 1. The van der Waals surface area contributed by atoms with Crippen LogP contribution in [0.4, 0.5) is 4.79 Å². The molecule has 1 saturated heterocycles. The van der Waals surface area contributed by atoms with Crippen molar-refractivity contribution in [3.63, 3.8) is 0 Å². The van der Waals surface area contributed by atoms with Crippen molar-refractivity contribution in [1.29, 1.82) is 0 Å². The zero-order valence-corrected chi connectivity index (χ0v) is 37.1. The average Bonchev–Trinajstić information content (AvgIpc) is 3.72. The number of nitrogens with zero attached hydrogens (tertiary/aromatic N) is 2. The normalized spacial score (nSPS) is 16.8. The van der Waals surface area contributed by atoms with Crippen LogP contribution in [-0.4, -0.2) is 81.8 Å². The van der Waals surface area contributed by atoms with E-state index in [2.05, 4.69) is 20.9 Å². The number of Topliss-reactive ketones (excluding diaryl/α,β-unsaturated/α-hetero) is 1. The smallest absolute Gasteiger partial charge is 0.410 e. The van der Waals surface area contributed by atoms with Gasteiger partial charge in [-0.15, -0.1) is 11.3 Å². The molecule has 1 fully saturated rings. The maximum atomic E-state index is 13.9. The Hall–Kier alpha value is -5.11. The van der Waals surface area contributed by atoms with Gasteiger partial charge in [0, 0.05) is 30.4 Å². The van der Waals surface area contributed by atoms with Crippen LogP contribution < -0.4 is 16.0 Å². The Labute approximate surface area is 358 Å². The topological polar surface area (TPSA) is 173 Å². The first-order valence-electron chi connectivity index (χ1n) is 21.1. The Morgan fingerprint density at radius 2 is 1.53 bits per heavy atom. The number of hydrogen-bond donors (Lipinski definition) is 3. The molecule has 4 rings (SSSR count). The monoisotopic (exact) mass is 845 g/mol. The van der Waals surface area contributed by atoms with Crippen molar-refractivity contribution < 1.29 is 38.2 Å². The quantitative estimate of drug-likeness (QED) is 0.0828. The van der Waals surface area contributed by atoms with E-state index < -0.39 is 59.5 Å². The molecule has 2 aromatic carbocycles. The molecule has 0 bridgehead atoms. The van der Waals surface area contributed by atoms with Crippen molar-refractivity contribution in [2.24, 2.45) is 17.8 Å². The van der Waals surface area contributed by atoms with Gasteiger partial charge in [-0.05, 0) is 75.8 Å². The lowest BCUT2D eigenvalue weighted by atomic mass is 9.94. The minimum absolute atomic E-state index is 0.0760. The van der Waals surface area contributed by atoms with Gasteiger partial charge in [-0.3, -0.25) is 28.9 Å². The van der Waals surface area contributed by atoms with Gasteiger partial charge >= 0.3 is 12.1 Å².